The number of halogens is 1. The van der Waals surface area contributed by atoms with Crippen molar-refractivity contribution in [3.05, 3.63) is 100 Å². The lowest BCUT2D eigenvalue weighted by Gasteiger charge is -2.34. The first-order chi connectivity index (χ1) is 19.1. The van der Waals surface area contributed by atoms with Crippen molar-refractivity contribution in [3.63, 3.8) is 0 Å². The van der Waals surface area contributed by atoms with Crippen LogP contribution >= 0.6 is 15.9 Å². The summed E-state index contributed by atoms with van der Waals surface area (Å²) in [6.07, 6.45) is 5.36. The Morgan fingerprint density at radius 3 is 2.23 bits per heavy atom. The average Bonchev–Trinajstić information content (AvgIpc) is 3.43. The van der Waals surface area contributed by atoms with Gasteiger partial charge in [-0.15, -0.1) is 0 Å². The Labute approximate surface area is 245 Å². The van der Waals surface area contributed by atoms with E-state index in [9.17, 15) is 18.0 Å². The number of nitrogens with one attached hydrogen (secondary N) is 1. The molecule has 2 amide bonds. The lowest BCUT2D eigenvalue weighted by molar-refractivity contribution is -0.140. The molecule has 40 heavy (non-hydrogen) atoms. The predicted molar refractivity (Wildman–Crippen MR) is 162 cm³/mol. The number of carbonyl (C=O) groups is 2. The molecule has 0 aromatic heterocycles. The Hall–Kier alpha value is -3.17. The SMILES string of the molecule is Cc1ccc(N(CC(=O)N(Cc2cccc(Br)c2)[C@H](Cc2ccccc2)C(=O)NC2CCCC2)S(C)(=O)=O)cc1. The van der Waals surface area contributed by atoms with Gasteiger partial charge in [0.1, 0.15) is 12.6 Å². The smallest absolute Gasteiger partial charge is 0.244 e. The second-order valence-electron chi connectivity index (χ2n) is 10.5. The van der Waals surface area contributed by atoms with Crippen LogP contribution in [0, 0.1) is 6.92 Å². The summed E-state index contributed by atoms with van der Waals surface area (Å²) in [6, 6.07) is 23.4. The Balaban J connectivity index is 1.72. The van der Waals surface area contributed by atoms with E-state index >= 15 is 0 Å². The van der Waals surface area contributed by atoms with Crippen molar-refractivity contribution in [2.75, 3.05) is 17.1 Å². The second-order valence-corrected chi connectivity index (χ2v) is 13.3. The molecule has 1 atom stereocenters. The first-order valence-electron chi connectivity index (χ1n) is 13.5. The zero-order valence-electron chi connectivity index (χ0n) is 22.9. The fraction of sp³-hybridized carbons (Fsp3) is 0.355. The van der Waals surface area contributed by atoms with Crippen molar-refractivity contribution in [1.29, 1.82) is 0 Å². The summed E-state index contributed by atoms with van der Waals surface area (Å²) < 4.78 is 27.7. The van der Waals surface area contributed by atoms with E-state index in [0.29, 0.717) is 12.1 Å². The molecular formula is C31H36BrN3O4S. The van der Waals surface area contributed by atoms with Crippen LogP contribution in [0.3, 0.4) is 0 Å². The van der Waals surface area contributed by atoms with Crippen molar-refractivity contribution in [2.45, 2.75) is 57.7 Å². The molecule has 0 saturated heterocycles. The number of hydrogen-bond acceptors (Lipinski definition) is 4. The quantitative estimate of drug-likeness (QED) is 0.316. The maximum Gasteiger partial charge on any atom is 0.244 e. The van der Waals surface area contributed by atoms with E-state index in [1.54, 1.807) is 12.1 Å². The van der Waals surface area contributed by atoms with E-state index < -0.39 is 28.5 Å². The molecule has 0 spiro atoms. The molecule has 4 rings (SSSR count). The molecule has 7 nitrogen and oxygen atoms in total. The zero-order valence-corrected chi connectivity index (χ0v) is 25.3. The average molecular weight is 627 g/mol. The van der Waals surface area contributed by atoms with Crippen molar-refractivity contribution in [2.24, 2.45) is 0 Å². The molecule has 3 aromatic rings. The van der Waals surface area contributed by atoms with Gasteiger partial charge in [0.25, 0.3) is 0 Å². The highest BCUT2D eigenvalue weighted by molar-refractivity contribution is 9.10. The van der Waals surface area contributed by atoms with Crippen molar-refractivity contribution >= 4 is 43.5 Å². The molecule has 0 aliphatic heterocycles. The minimum atomic E-state index is -3.78. The van der Waals surface area contributed by atoms with E-state index in [1.807, 2.05) is 73.7 Å². The van der Waals surface area contributed by atoms with Gasteiger partial charge in [0.15, 0.2) is 0 Å². The Morgan fingerprint density at radius 1 is 0.950 bits per heavy atom. The number of amides is 2. The van der Waals surface area contributed by atoms with Gasteiger partial charge in [-0.1, -0.05) is 88.9 Å². The molecule has 0 unspecified atom stereocenters. The van der Waals surface area contributed by atoms with Crippen LogP contribution < -0.4 is 9.62 Å². The van der Waals surface area contributed by atoms with Crippen LogP contribution in [0.2, 0.25) is 0 Å². The minimum Gasteiger partial charge on any atom is -0.352 e. The molecule has 9 heteroatoms. The van der Waals surface area contributed by atoms with Crippen LogP contribution in [0.1, 0.15) is 42.4 Å². The van der Waals surface area contributed by atoms with Gasteiger partial charge >= 0.3 is 0 Å². The van der Waals surface area contributed by atoms with Crippen LogP contribution in [-0.2, 0) is 32.6 Å². The third-order valence-electron chi connectivity index (χ3n) is 7.22. The molecule has 1 fully saturated rings. The topological polar surface area (TPSA) is 86.8 Å². The summed E-state index contributed by atoms with van der Waals surface area (Å²) in [5.74, 6) is -0.672. The minimum absolute atomic E-state index is 0.0775. The molecule has 3 aromatic carbocycles. The maximum atomic E-state index is 14.1. The van der Waals surface area contributed by atoms with Crippen LogP contribution in [0.4, 0.5) is 5.69 Å². The Bertz CT molecular complexity index is 1410. The van der Waals surface area contributed by atoms with Gasteiger partial charge in [-0.3, -0.25) is 13.9 Å². The Kier molecular flexibility index (Phi) is 10.0. The number of sulfonamides is 1. The third-order valence-corrected chi connectivity index (χ3v) is 8.85. The summed E-state index contributed by atoms with van der Waals surface area (Å²) >= 11 is 3.50. The van der Waals surface area contributed by atoms with Gasteiger partial charge in [-0.25, -0.2) is 8.42 Å². The summed E-state index contributed by atoms with van der Waals surface area (Å²) in [5, 5.41) is 3.18. The number of nitrogens with zero attached hydrogens (tertiary/aromatic N) is 2. The number of anilines is 1. The lowest BCUT2D eigenvalue weighted by atomic mass is 10.0. The van der Waals surface area contributed by atoms with E-state index in [4.69, 9.17) is 0 Å². The fourth-order valence-corrected chi connectivity index (χ4v) is 6.37. The maximum absolute atomic E-state index is 14.1. The molecule has 212 valence electrons. The van der Waals surface area contributed by atoms with Crippen LogP contribution in [-0.4, -0.2) is 50.0 Å². The highest BCUT2D eigenvalue weighted by atomic mass is 79.9. The normalized spacial score (nSPS) is 14.5. The zero-order chi connectivity index (χ0) is 28.7. The fourth-order valence-electron chi connectivity index (χ4n) is 5.08. The van der Waals surface area contributed by atoms with Gasteiger partial charge in [0.2, 0.25) is 21.8 Å². The number of carbonyl (C=O) groups excluding carboxylic acids is 2. The van der Waals surface area contributed by atoms with Crippen molar-refractivity contribution in [1.82, 2.24) is 10.2 Å². The molecule has 0 bridgehead atoms. The lowest BCUT2D eigenvalue weighted by Crippen LogP contribution is -2.54. The van der Waals surface area contributed by atoms with Gasteiger partial charge < -0.3 is 10.2 Å². The molecule has 0 heterocycles. The molecule has 0 radical (unpaired) electrons. The monoisotopic (exact) mass is 625 g/mol. The molecule has 1 N–H and O–H groups in total. The highest BCUT2D eigenvalue weighted by Crippen LogP contribution is 2.23. The number of aryl methyl sites for hydroxylation is 1. The first-order valence-corrected chi connectivity index (χ1v) is 16.2. The predicted octanol–water partition coefficient (Wildman–Crippen LogP) is 5.22. The van der Waals surface area contributed by atoms with Gasteiger partial charge in [-0.2, -0.15) is 0 Å². The number of benzene rings is 3. The summed E-state index contributed by atoms with van der Waals surface area (Å²) in [7, 11) is -3.78. The largest absolute Gasteiger partial charge is 0.352 e. The van der Waals surface area contributed by atoms with Crippen LogP contribution in [0.25, 0.3) is 0 Å². The molecule has 1 aliphatic rings. The first kappa shape index (κ1) is 29.8. The molecule has 1 saturated carbocycles. The second kappa shape index (κ2) is 13.5. The van der Waals surface area contributed by atoms with Crippen LogP contribution in [0.5, 0.6) is 0 Å². The highest BCUT2D eigenvalue weighted by Gasteiger charge is 2.34. The Morgan fingerprint density at radius 2 is 1.60 bits per heavy atom. The number of hydrogen-bond donors (Lipinski definition) is 1. The number of rotatable bonds is 11. The van der Waals surface area contributed by atoms with Crippen molar-refractivity contribution < 1.29 is 18.0 Å². The van der Waals surface area contributed by atoms with Gasteiger partial charge in [0, 0.05) is 23.5 Å². The summed E-state index contributed by atoms with van der Waals surface area (Å²) in [6.45, 7) is 1.65. The summed E-state index contributed by atoms with van der Waals surface area (Å²) in [5.41, 5.74) is 3.13. The van der Waals surface area contributed by atoms with Crippen LogP contribution in [0.15, 0.2) is 83.3 Å². The van der Waals surface area contributed by atoms with Gasteiger partial charge in [0.05, 0.1) is 11.9 Å². The van der Waals surface area contributed by atoms with E-state index in [-0.39, 0.29) is 18.5 Å². The molecular weight excluding hydrogens is 590 g/mol. The third kappa shape index (κ3) is 8.17. The van der Waals surface area contributed by atoms with E-state index in [1.165, 1.54) is 4.90 Å². The van der Waals surface area contributed by atoms with Gasteiger partial charge in [-0.05, 0) is 55.2 Å². The van der Waals surface area contributed by atoms with Crippen molar-refractivity contribution in [3.8, 4) is 0 Å². The summed E-state index contributed by atoms with van der Waals surface area (Å²) in [4.78, 5) is 29.5. The van der Waals surface area contributed by atoms with E-state index in [0.717, 1.165) is 57.4 Å². The van der Waals surface area contributed by atoms with E-state index in [2.05, 4.69) is 21.2 Å². The molecule has 1 aliphatic carbocycles. The standard InChI is InChI=1S/C31H36BrN3O4S/c1-23-15-17-28(18-16-23)35(40(2,38)39)22-30(36)34(21-25-11-8-12-26(32)19-25)29(20-24-9-4-3-5-10-24)31(37)33-27-13-6-7-14-27/h3-5,8-12,15-19,27,29H,6-7,13-14,20-22H2,1-2H3,(H,33,37)/t29-/m1/s1.